The maximum atomic E-state index is 14.3. The number of hydrogen-bond donors (Lipinski definition) is 1. The number of methoxy groups -OCH3 is 3. The molecule has 1 N–H and O–H groups in total. The largest absolute Gasteiger partial charge is 0.493 e. The summed E-state index contributed by atoms with van der Waals surface area (Å²) in [5.74, 6) is 1.88. The first-order valence-electron chi connectivity index (χ1n) is 10.2. The number of hydrogen-bond acceptors (Lipinski definition) is 8. The first kappa shape index (κ1) is 21.1. The Labute approximate surface area is 179 Å². The number of anilines is 1. The second-order valence-corrected chi connectivity index (χ2v) is 7.23. The minimum Gasteiger partial charge on any atom is -0.493 e. The van der Waals surface area contributed by atoms with Crippen LogP contribution in [0.2, 0.25) is 0 Å². The lowest BCUT2D eigenvalue weighted by Crippen LogP contribution is -2.12. The van der Waals surface area contributed by atoms with Crippen LogP contribution in [0.25, 0.3) is 11.2 Å². The van der Waals surface area contributed by atoms with Gasteiger partial charge in [0.1, 0.15) is 6.23 Å². The second kappa shape index (κ2) is 9.34. The number of rotatable bonds is 7. The van der Waals surface area contributed by atoms with Crippen molar-refractivity contribution in [3.8, 4) is 17.2 Å². The number of benzene rings is 1. The monoisotopic (exact) mass is 431 g/mol. The quantitative estimate of drug-likeness (QED) is 0.566. The van der Waals surface area contributed by atoms with Crippen molar-refractivity contribution < 1.29 is 23.3 Å². The third-order valence-electron chi connectivity index (χ3n) is 5.29. The van der Waals surface area contributed by atoms with Crippen molar-refractivity contribution in [1.29, 1.82) is 0 Å². The molecular formula is C21H26FN5O4. The van der Waals surface area contributed by atoms with E-state index in [1.165, 1.54) is 0 Å². The van der Waals surface area contributed by atoms with Crippen LogP contribution in [0.1, 0.15) is 37.5 Å². The van der Waals surface area contributed by atoms with E-state index in [2.05, 4.69) is 20.3 Å². The average Bonchev–Trinajstić information content (AvgIpc) is 3.02. The Bertz CT molecular complexity index is 1020. The number of imidazole rings is 1. The Hall–Kier alpha value is -3.14. The molecule has 0 bridgehead atoms. The first-order valence-corrected chi connectivity index (χ1v) is 10.2. The highest BCUT2D eigenvalue weighted by Crippen LogP contribution is 2.38. The van der Waals surface area contributed by atoms with Gasteiger partial charge in [-0.25, -0.2) is 4.98 Å². The summed E-state index contributed by atoms with van der Waals surface area (Å²) in [5.41, 5.74) is 1.74. The highest BCUT2D eigenvalue weighted by molar-refractivity contribution is 5.82. The predicted molar refractivity (Wildman–Crippen MR) is 112 cm³/mol. The molecule has 2 aromatic heterocycles. The molecule has 1 atom stereocenters. The molecule has 1 aliphatic rings. The standard InChI is InChI=1S/C21H26FN5O4/c1-28-14-9-13(10-15(29-2)18(14)30-3)11-23-19-17-20(26-21(22)25-19)27(12-24-17)16-7-5-4-6-8-31-16/h9-10,12,16H,4-8,11H2,1-3H3,(H,23,25,26). The second-order valence-electron chi connectivity index (χ2n) is 7.23. The molecule has 9 nitrogen and oxygen atoms in total. The SMILES string of the molecule is COc1cc(CNc2nc(F)nc3c2ncn3C2CCCCCO2)cc(OC)c1OC. The first-order chi connectivity index (χ1) is 15.1. The van der Waals surface area contributed by atoms with Crippen LogP contribution >= 0.6 is 0 Å². The van der Waals surface area contributed by atoms with Crippen LogP contribution < -0.4 is 19.5 Å². The van der Waals surface area contributed by atoms with Crippen molar-refractivity contribution in [2.75, 3.05) is 33.3 Å². The molecule has 3 heterocycles. The molecule has 166 valence electrons. The van der Waals surface area contributed by atoms with Crippen molar-refractivity contribution in [1.82, 2.24) is 19.5 Å². The van der Waals surface area contributed by atoms with Crippen molar-refractivity contribution in [2.45, 2.75) is 38.5 Å². The Morgan fingerprint density at radius 3 is 2.58 bits per heavy atom. The number of nitrogens with one attached hydrogen (secondary N) is 1. The summed E-state index contributed by atoms with van der Waals surface area (Å²) >= 11 is 0. The van der Waals surface area contributed by atoms with Crippen LogP contribution in [0.3, 0.4) is 0 Å². The number of nitrogens with zero attached hydrogens (tertiary/aromatic N) is 4. The maximum absolute atomic E-state index is 14.3. The van der Waals surface area contributed by atoms with E-state index in [1.807, 2.05) is 12.1 Å². The molecular weight excluding hydrogens is 405 g/mol. The molecule has 1 aromatic carbocycles. The zero-order chi connectivity index (χ0) is 21.8. The van der Waals surface area contributed by atoms with Gasteiger partial charge in [-0.2, -0.15) is 14.4 Å². The zero-order valence-electron chi connectivity index (χ0n) is 17.9. The number of halogens is 1. The normalized spacial score (nSPS) is 16.7. The van der Waals surface area contributed by atoms with Gasteiger partial charge in [0.05, 0.1) is 27.7 Å². The van der Waals surface area contributed by atoms with E-state index in [9.17, 15) is 4.39 Å². The van der Waals surface area contributed by atoms with Gasteiger partial charge < -0.3 is 24.3 Å². The number of fused-ring (bicyclic) bond motifs is 1. The van der Waals surface area contributed by atoms with Gasteiger partial charge in [-0.15, -0.1) is 0 Å². The molecule has 1 saturated heterocycles. The third-order valence-corrected chi connectivity index (χ3v) is 5.29. The smallest absolute Gasteiger partial charge is 0.312 e. The van der Waals surface area contributed by atoms with Crippen LogP contribution in [0.5, 0.6) is 17.2 Å². The summed E-state index contributed by atoms with van der Waals surface area (Å²) in [4.78, 5) is 12.3. The van der Waals surface area contributed by atoms with Gasteiger partial charge in [-0.05, 0) is 37.0 Å². The van der Waals surface area contributed by atoms with Crippen LogP contribution in [-0.2, 0) is 11.3 Å². The van der Waals surface area contributed by atoms with E-state index < -0.39 is 6.08 Å². The van der Waals surface area contributed by atoms with Crippen molar-refractivity contribution >= 4 is 17.0 Å². The van der Waals surface area contributed by atoms with Crippen molar-refractivity contribution in [3.63, 3.8) is 0 Å². The van der Waals surface area contributed by atoms with E-state index in [-0.39, 0.29) is 6.23 Å². The van der Waals surface area contributed by atoms with Crippen LogP contribution in [0.15, 0.2) is 18.5 Å². The van der Waals surface area contributed by atoms with Gasteiger partial charge in [0.2, 0.25) is 5.75 Å². The highest BCUT2D eigenvalue weighted by Gasteiger charge is 2.21. The van der Waals surface area contributed by atoms with Crippen molar-refractivity contribution in [2.24, 2.45) is 0 Å². The number of ether oxygens (including phenoxy) is 4. The summed E-state index contributed by atoms with van der Waals surface area (Å²) in [6.07, 6.45) is 4.64. The molecule has 31 heavy (non-hydrogen) atoms. The van der Waals surface area contributed by atoms with Gasteiger partial charge in [0, 0.05) is 13.2 Å². The van der Waals surface area contributed by atoms with Crippen LogP contribution in [0.4, 0.5) is 10.2 Å². The highest BCUT2D eigenvalue weighted by atomic mass is 19.1. The van der Waals surface area contributed by atoms with E-state index in [0.29, 0.717) is 47.4 Å². The molecule has 0 radical (unpaired) electrons. The Kier molecular flexibility index (Phi) is 6.36. The topological polar surface area (TPSA) is 92.6 Å². The minimum absolute atomic E-state index is 0.204. The molecule has 1 fully saturated rings. The van der Waals surface area contributed by atoms with Crippen molar-refractivity contribution in [3.05, 3.63) is 30.1 Å². The van der Waals surface area contributed by atoms with E-state index in [4.69, 9.17) is 18.9 Å². The molecule has 0 spiro atoms. The fraction of sp³-hybridized carbons (Fsp3) is 0.476. The van der Waals surface area contributed by atoms with E-state index in [1.54, 1.807) is 32.2 Å². The van der Waals surface area contributed by atoms with E-state index in [0.717, 1.165) is 31.2 Å². The van der Waals surface area contributed by atoms with Gasteiger partial charge in [-0.1, -0.05) is 6.42 Å². The third kappa shape index (κ3) is 4.34. The lowest BCUT2D eigenvalue weighted by molar-refractivity contribution is 0.00928. The zero-order valence-corrected chi connectivity index (χ0v) is 17.9. The summed E-state index contributed by atoms with van der Waals surface area (Å²) in [5, 5.41) is 3.15. The predicted octanol–water partition coefficient (Wildman–Crippen LogP) is 3.69. The summed E-state index contributed by atoms with van der Waals surface area (Å²) in [7, 11) is 4.66. The molecule has 4 rings (SSSR count). The van der Waals surface area contributed by atoms with Gasteiger partial charge in [0.25, 0.3) is 0 Å². The van der Waals surface area contributed by atoms with Gasteiger partial charge in [-0.3, -0.25) is 4.57 Å². The molecule has 0 amide bonds. The van der Waals surface area contributed by atoms with Crippen LogP contribution in [0, 0.1) is 6.08 Å². The van der Waals surface area contributed by atoms with Gasteiger partial charge in [0.15, 0.2) is 28.5 Å². The molecule has 1 unspecified atom stereocenters. The summed E-state index contributed by atoms with van der Waals surface area (Å²) < 4.78 is 38.1. The molecule has 1 aliphatic heterocycles. The Balaban J connectivity index is 1.62. The Morgan fingerprint density at radius 1 is 1.10 bits per heavy atom. The molecule has 10 heteroatoms. The number of aromatic nitrogens is 4. The maximum Gasteiger partial charge on any atom is 0.312 e. The molecule has 0 aliphatic carbocycles. The lowest BCUT2D eigenvalue weighted by Gasteiger charge is -2.17. The summed E-state index contributed by atoms with van der Waals surface area (Å²) in [6.45, 7) is 1.01. The van der Waals surface area contributed by atoms with E-state index >= 15 is 0 Å². The minimum atomic E-state index is -0.824. The molecule has 3 aromatic rings. The lowest BCUT2D eigenvalue weighted by atomic mass is 10.1. The fourth-order valence-electron chi connectivity index (χ4n) is 3.77. The Morgan fingerprint density at radius 2 is 1.87 bits per heavy atom. The molecule has 0 saturated carbocycles. The van der Waals surface area contributed by atoms with Gasteiger partial charge >= 0.3 is 6.08 Å². The van der Waals surface area contributed by atoms with Crippen LogP contribution in [-0.4, -0.2) is 47.5 Å². The summed E-state index contributed by atoms with van der Waals surface area (Å²) in [6, 6.07) is 3.64. The fourth-order valence-corrected chi connectivity index (χ4v) is 3.77. The average molecular weight is 431 g/mol.